The minimum atomic E-state index is 0.290. The van der Waals surface area contributed by atoms with Gasteiger partial charge in [-0.1, -0.05) is 17.7 Å². The molecule has 0 bridgehead atoms. The number of nitrogens with one attached hydrogen (secondary N) is 1. The highest BCUT2D eigenvalue weighted by Gasteiger charge is 2.31. The first-order chi connectivity index (χ1) is 9.24. The van der Waals surface area contributed by atoms with Crippen LogP contribution in [0.25, 0.3) is 0 Å². The molecule has 2 unspecified atom stereocenters. The fourth-order valence-corrected chi connectivity index (χ4v) is 3.61. The number of rotatable bonds is 3. The maximum Gasteiger partial charge on any atom is 0.121 e. The van der Waals surface area contributed by atoms with Crippen LogP contribution in [0.4, 0.5) is 0 Å². The molecule has 2 aliphatic rings. The lowest BCUT2D eigenvalue weighted by Crippen LogP contribution is -2.45. The first-order valence-corrected chi connectivity index (χ1v) is 7.55. The number of benzene rings is 1. The molecule has 2 heterocycles. The topological polar surface area (TPSA) is 35.5 Å². The normalized spacial score (nSPS) is 27.4. The third kappa shape index (κ3) is 2.88. The van der Waals surface area contributed by atoms with Crippen LogP contribution in [0.15, 0.2) is 18.2 Å². The van der Waals surface area contributed by atoms with Crippen LogP contribution >= 0.6 is 11.6 Å². The van der Waals surface area contributed by atoms with Crippen molar-refractivity contribution < 1.29 is 5.11 Å². The Hall–Kier alpha value is -0.770. The first-order valence-electron chi connectivity index (χ1n) is 7.18. The predicted octanol–water partition coefficient (Wildman–Crippen LogP) is 2.76. The van der Waals surface area contributed by atoms with Crippen molar-refractivity contribution in [3.63, 3.8) is 0 Å². The molecule has 19 heavy (non-hydrogen) atoms. The number of piperidine rings is 1. The second-order valence-electron chi connectivity index (χ2n) is 5.67. The number of fused-ring (bicyclic) bond motifs is 1. The SMILES string of the molecule is Oc1cccc(Cl)c1CNC1CCN2CCCC2C1. The minimum Gasteiger partial charge on any atom is -0.508 e. The summed E-state index contributed by atoms with van der Waals surface area (Å²) < 4.78 is 0. The van der Waals surface area contributed by atoms with Crippen molar-refractivity contribution in [2.45, 2.75) is 44.3 Å². The lowest BCUT2D eigenvalue weighted by Gasteiger charge is -2.35. The van der Waals surface area contributed by atoms with Gasteiger partial charge in [-0.15, -0.1) is 0 Å². The van der Waals surface area contributed by atoms with Crippen LogP contribution < -0.4 is 5.32 Å². The van der Waals surface area contributed by atoms with E-state index >= 15 is 0 Å². The molecule has 104 valence electrons. The molecule has 0 aliphatic carbocycles. The summed E-state index contributed by atoms with van der Waals surface area (Å²) in [5.74, 6) is 0.290. The van der Waals surface area contributed by atoms with E-state index in [9.17, 15) is 5.11 Å². The molecule has 2 saturated heterocycles. The van der Waals surface area contributed by atoms with Crippen LogP contribution in [-0.2, 0) is 6.54 Å². The zero-order chi connectivity index (χ0) is 13.2. The molecule has 4 heteroatoms. The van der Waals surface area contributed by atoms with Gasteiger partial charge < -0.3 is 15.3 Å². The second kappa shape index (κ2) is 5.70. The van der Waals surface area contributed by atoms with Gasteiger partial charge in [0.05, 0.1) is 0 Å². The molecule has 2 N–H and O–H groups in total. The van der Waals surface area contributed by atoms with Gasteiger partial charge in [-0.25, -0.2) is 0 Å². The number of aromatic hydroxyl groups is 1. The number of hydrogen-bond acceptors (Lipinski definition) is 3. The molecule has 1 aromatic rings. The zero-order valence-electron chi connectivity index (χ0n) is 11.1. The van der Waals surface area contributed by atoms with Crippen molar-refractivity contribution in [1.29, 1.82) is 0 Å². The van der Waals surface area contributed by atoms with E-state index in [1.165, 1.54) is 38.8 Å². The molecule has 3 nitrogen and oxygen atoms in total. The predicted molar refractivity (Wildman–Crippen MR) is 77.6 cm³/mol. The Morgan fingerprint density at radius 1 is 1.32 bits per heavy atom. The third-order valence-corrected chi connectivity index (χ3v) is 4.84. The maximum atomic E-state index is 9.84. The molecule has 0 radical (unpaired) electrons. The van der Waals surface area contributed by atoms with Crippen LogP contribution in [0.5, 0.6) is 5.75 Å². The summed E-state index contributed by atoms with van der Waals surface area (Å²) in [4.78, 5) is 2.62. The summed E-state index contributed by atoms with van der Waals surface area (Å²) in [6.45, 7) is 3.14. The van der Waals surface area contributed by atoms with E-state index in [2.05, 4.69) is 10.2 Å². The van der Waals surface area contributed by atoms with Crippen LogP contribution in [-0.4, -0.2) is 35.2 Å². The highest BCUT2D eigenvalue weighted by molar-refractivity contribution is 6.31. The lowest BCUT2D eigenvalue weighted by molar-refractivity contribution is 0.166. The Morgan fingerprint density at radius 2 is 2.21 bits per heavy atom. The quantitative estimate of drug-likeness (QED) is 0.894. The first kappa shape index (κ1) is 13.2. The summed E-state index contributed by atoms with van der Waals surface area (Å²) in [5.41, 5.74) is 0.818. The average Bonchev–Trinajstić information content (AvgIpc) is 2.85. The van der Waals surface area contributed by atoms with E-state index in [0.717, 1.165) is 11.6 Å². The molecule has 0 amide bonds. The standard InChI is InChI=1S/C15H21ClN2O/c16-14-4-1-5-15(19)13(14)10-17-11-6-8-18-7-2-3-12(18)9-11/h1,4-5,11-12,17,19H,2-3,6-10H2. The number of phenols is 1. The molecular formula is C15H21ClN2O. The largest absolute Gasteiger partial charge is 0.508 e. The highest BCUT2D eigenvalue weighted by atomic mass is 35.5. The Balaban J connectivity index is 1.58. The highest BCUT2D eigenvalue weighted by Crippen LogP contribution is 2.28. The molecular weight excluding hydrogens is 260 g/mol. The Morgan fingerprint density at radius 3 is 3.05 bits per heavy atom. The van der Waals surface area contributed by atoms with Gasteiger partial charge >= 0.3 is 0 Å². The van der Waals surface area contributed by atoms with E-state index in [4.69, 9.17) is 11.6 Å². The Labute approximate surface area is 119 Å². The molecule has 1 aromatic carbocycles. The average molecular weight is 281 g/mol. The van der Waals surface area contributed by atoms with E-state index in [0.29, 0.717) is 23.4 Å². The number of hydrogen-bond donors (Lipinski definition) is 2. The smallest absolute Gasteiger partial charge is 0.121 e. The van der Waals surface area contributed by atoms with Gasteiger partial charge in [-0.3, -0.25) is 0 Å². The molecule has 0 aromatic heterocycles. The van der Waals surface area contributed by atoms with Crippen LogP contribution in [0.2, 0.25) is 5.02 Å². The third-order valence-electron chi connectivity index (χ3n) is 4.48. The van der Waals surface area contributed by atoms with E-state index in [1.54, 1.807) is 12.1 Å². The molecule has 2 fully saturated rings. The molecule has 2 atom stereocenters. The lowest BCUT2D eigenvalue weighted by atomic mass is 9.97. The van der Waals surface area contributed by atoms with Gasteiger partial charge in [0.25, 0.3) is 0 Å². The fourth-order valence-electron chi connectivity index (χ4n) is 3.38. The van der Waals surface area contributed by atoms with E-state index < -0.39 is 0 Å². The van der Waals surface area contributed by atoms with Gasteiger partial charge in [0.2, 0.25) is 0 Å². The van der Waals surface area contributed by atoms with Crippen molar-refractivity contribution in [3.8, 4) is 5.75 Å². The van der Waals surface area contributed by atoms with Gasteiger partial charge in [0.1, 0.15) is 5.75 Å². The number of halogens is 1. The number of nitrogens with zero attached hydrogens (tertiary/aromatic N) is 1. The fraction of sp³-hybridized carbons (Fsp3) is 0.600. The van der Waals surface area contributed by atoms with Crippen molar-refractivity contribution in [2.24, 2.45) is 0 Å². The summed E-state index contributed by atoms with van der Waals surface area (Å²) in [5, 5.41) is 14.0. The van der Waals surface area contributed by atoms with Crippen LogP contribution in [0.1, 0.15) is 31.2 Å². The summed E-state index contributed by atoms with van der Waals surface area (Å²) >= 11 is 6.13. The van der Waals surface area contributed by atoms with Gasteiger partial charge in [0, 0.05) is 29.2 Å². The number of phenolic OH excluding ortho intramolecular Hbond substituents is 1. The molecule has 0 saturated carbocycles. The molecule has 0 spiro atoms. The summed E-state index contributed by atoms with van der Waals surface area (Å²) in [6, 6.07) is 6.62. The van der Waals surface area contributed by atoms with Crippen molar-refractivity contribution in [1.82, 2.24) is 10.2 Å². The minimum absolute atomic E-state index is 0.290. The van der Waals surface area contributed by atoms with E-state index in [1.807, 2.05) is 6.07 Å². The zero-order valence-corrected chi connectivity index (χ0v) is 11.9. The van der Waals surface area contributed by atoms with Gasteiger partial charge in [0.15, 0.2) is 0 Å². The summed E-state index contributed by atoms with van der Waals surface area (Å²) in [7, 11) is 0. The van der Waals surface area contributed by atoms with Crippen LogP contribution in [0, 0.1) is 0 Å². The van der Waals surface area contributed by atoms with Crippen molar-refractivity contribution >= 4 is 11.6 Å². The van der Waals surface area contributed by atoms with Gasteiger partial charge in [-0.2, -0.15) is 0 Å². The Bertz CT molecular complexity index is 432. The molecule has 2 aliphatic heterocycles. The summed E-state index contributed by atoms with van der Waals surface area (Å²) in [6.07, 6.45) is 5.12. The monoisotopic (exact) mass is 280 g/mol. The van der Waals surface area contributed by atoms with Crippen LogP contribution in [0.3, 0.4) is 0 Å². The Kier molecular flexibility index (Phi) is 3.96. The van der Waals surface area contributed by atoms with Crippen molar-refractivity contribution in [3.05, 3.63) is 28.8 Å². The van der Waals surface area contributed by atoms with Gasteiger partial charge in [-0.05, 0) is 50.9 Å². The second-order valence-corrected chi connectivity index (χ2v) is 6.08. The molecule has 3 rings (SSSR count). The van der Waals surface area contributed by atoms with E-state index in [-0.39, 0.29) is 0 Å². The van der Waals surface area contributed by atoms with Crippen molar-refractivity contribution in [2.75, 3.05) is 13.1 Å². The maximum absolute atomic E-state index is 9.84.